The quantitative estimate of drug-likeness (QED) is 0.287. The first-order valence-electron chi connectivity index (χ1n) is 8.72. The highest BCUT2D eigenvalue weighted by atomic mass is 32.2. The topological polar surface area (TPSA) is 73.3 Å². The molecule has 148 valence electrons. The van der Waals surface area contributed by atoms with Gasteiger partial charge in [0.15, 0.2) is 5.76 Å². The smallest absolute Gasteiger partial charge is 0.265 e. The van der Waals surface area contributed by atoms with Crippen LogP contribution in [0.15, 0.2) is 96.8 Å². The molecule has 1 unspecified atom stereocenters. The molecule has 29 heavy (non-hydrogen) atoms. The van der Waals surface area contributed by atoms with Gasteiger partial charge in [0, 0.05) is 5.25 Å². The Morgan fingerprint density at radius 2 is 1.72 bits per heavy atom. The van der Waals surface area contributed by atoms with Crippen molar-refractivity contribution in [1.82, 2.24) is 4.98 Å². The Hall–Kier alpha value is -2.84. The maximum atomic E-state index is 13.3. The number of oxazole rings is 1. The molecule has 2 heterocycles. The fourth-order valence-corrected chi connectivity index (χ4v) is 5.26. The third-order valence-corrected chi connectivity index (χ3v) is 7.15. The third kappa shape index (κ3) is 3.99. The van der Waals surface area contributed by atoms with Crippen LogP contribution in [0, 0.1) is 5.82 Å². The van der Waals surface area contributed by atoms with Crippen LogP contribution in [0.25, 0.3) is 11.7 Å². The summed E-state index contributed by atoms with van der Waals surface area (Å²) in [5.74, 6) is -0.133. The maximum Gasteiger partial charge on any atom is 0.265 e. The van der Waals surface area contributed by atoms with Crippen LogP contribution in [0.3, 0.4) is 0 Å². The number of thioether (sulfide) groups is 1. The summed E-state index contributed by atoms with van der Waals surface area (Å²) in [5, 5.41) is -0.156. The average Bonchev–Trinajstić information content (AvgIpc) is 3.39. The summed E-state index contributed by atoms with van der Waals surface area (Å²) in [6, 6.07) is 17.6. The molecule has 0 bridgehead atoms. The molecule has 4 rings (SSSR count). The Balaban J connectivity index is 1.78. The molecule has 0 spiro atoms. The minimum atomic E-state index is -4.02. The number of halogens is 1. The van der Waals surface area contributed by atoms with E-state index in [1.807, 2.05) is 37.3 Å². The molecule has 0 aliphatic rings. The van der Waals surface area contributed by atoms with Crippen molar-refractivity contribution in [3.63, 3.8) is 0 Å². The van der Waals surface area contributed by atoms with Gasteiger partial charge < -0.3 is 8.83 Å². The van der Waals surface area contributed by atoms with Crippen molar-refractivity contribution in [2.75, 3.05) is 0 Å². The van der Waals surface area contributed by atoms with Crippen molar-refractivity contribution in [2.24, 2.45) is 0 Å². The van der Waals surface area contributed by atoms with Gasteiger partial charge in [0.1, 0.15) is 5.82 Å². The second-order valence-corrected chi connectivity index (χ2v) is 9.40. The highest BCUT2D eigenvalue weighted by molar-refractivity contribution is 8.00. The summed E-state index contributed by atoms with van der Waals surface area (Å²) in [6.07, 6.45) is 1.45. The monoisotopic (exact) mass is 429 g/mol. The van der Waals surface area contributed by atoms with Crippen molar-refractivity contribution < 1.29 is 21.6 Å². The van der Waals surface area contributed by atoms with Gasteiger partial charge in [-0.2, -0.15) is 4.98 Å². The van der Waals surface area contributed by atoms with Gasteiger partial charge in [-0.3, -0.25) is 0 Å². The summed E-state index contributed by atoms with van der Waals surface area (Å²) < 4.78 is 50.7. The Kier molecular flexibility index (Phi) is 5.29. The van der Waals surface area contributed by atoms with Crippen LogP contribution >= 0.6 is 11.8 Å². The summed E-state index contributed by atoms with van der Waals surface area (Å²) in [6.45, 7) is 1.95. The minimum Gasteiger partial charge on any atom is -0.459 e. The van der Waals surface area contributed by atoms with Gasteiger partial charge >= 0.3 is 0 Å². The molecule has 0 N–H and O–H groups in total. The van der Waals surface area contributed by atoms with Crippen LogP contribution in [-0.2, 0) is 9.84 Å². The maximum absolute atomic E-state index is 13.3. The van der Waals surface area contributed by atoms with E-state index in [-0.39, 0.29) is 26.2 Å². The van der Waals surface area contributed by atoms with Crippen molar-refractivity contribution in [1.29, 1.82) is 0 Å². The molecule has 0 saturated carbocycles. The second-order valence-electron chi connectivity index (χ2n) is 6.22. The molecule has 4 aromatic rings. The summed E-state index contributed by atoms with van der Waals surface area (Å²) in [5.41, 5.74) is 1.01. The number of sulfone groups is 1. The Morgan fingerprint density at radius 3 is 2.38 bits per heavy atom. The molecule has 0 radical (unpaired) electrons. The van der Waals surface area contributed by atoms with Gasteiger partial charge in [-0.05, 0) is 48.9 Å². The molecule has 0 saturated heterocycles. The molecule has 1 atom stereocenters. The van der Waals surface area contributed by atoms with Crippen LogP contribution in [-0.4, -0.2) is 13.4 Å². The fraction of sp³-hybridized carbons (Fsp3) is 0.0952. The highest BCUT2D eigenvalue weighted by Crippen LogP contribution is 2.41. The third-order valence-electron chi connectivity index (χ3n) is 4.23. The van der Waals surface area contributed by atoms with E-state index >= 15 is 0 Å². The van der Waals surface area contributed by atoms with E-state index in [0.717, 1.165) is 17.7 Å². The zero-order valence-corrected chi connectivity index (χ0v) is 16.9. The molecule has 2 aromatic heterocycles. The van der Waals surface area contributed by atoms with Gasteiger partial charge in [-0.15, -0.1) is 0 Å². The van der Waals surface area contributed by atoms with Crippen LogP contribution in [0.1, 0.15) is 17.7 Å². The van der Waals surface area contributed by atoms with Crippen molar-refractivity contribution in [3.8, 4) is 11.7 Å². The molecule has 0 aliphatic carbocycles. The van der Waals surface area contributed by atoms with E-state index in [4.69, 9.17) is 8.83 Å². The molecule has 2 aromatic carbocycles. The number of hydrogen-bond acceptors (Lipinski definition) is 6. The molecular weight excluding hydrogens is 413 g/mol. The van der Waals surface area contributed by atoms with Gasteiger partial charge in [0.2, 0.25) is 20.0 Å². The van der Waals surface area contributed by atoms with E-state index in [1.54, 1.807) is 12.1 Å². The standard InChI is InChI=1S/C21H16FNO4S2/c1-14(15-6-3-2-4-7-15)28-21-20(23-19(27-21)18-8-5-13-26-18)29(24,25)17-11-9-16(22)10-12-17/h2-14H,1H3. The first kappa shape index (κ1) is 19.5. The lowest BCUT2D eigenvalue weighted by atomic mass is 10.2. The molecule has 0 fully saturated rings. The summed E-state index contributed by atoms with van der Waals surface area (Å²) in [4.78, 5) is 4.14. The first-order valence-corrected chi connectivity index (χ1v) is 11.1. The largest absolute Gasteiger partial charge is 0.459 e. The van der Waals surface area contributed by atoms with Gasteiger partial charge in [-0.1, -0.05) is 42.1 Å². The van der Waals surface area contributed by atoms with Crippen LogP contribution < -0.4 is 0 Å². The Morgan fingerprint density at radius 1 is 1.00 bits per heavy atom. The summed E-state index contributed by atoms with van der Waals surface area (Å²) in [7, 11) is -4.02. The van der Waals surface area contributed by atoms with E-state index in [2.05, 4.69) is 4.98 Å². The van der Waals surface area contributed by atoms with Crippen LogP contribution in [0.2, 0.25) is 0 Å². The number of hydrogen-bond donors (Lipinski definition) is 0. The zero-order chi connectivity index (χ0) is 20.4. The summed E-state index contributed by atoms with van der Waals surface area (Å²) >= 11 is 1.24. The lowest BCUT2D eigenvalue weighted by Gasteiger charge is -2.10. The molecule has 5 nitrogen and oxygen atoms in total. The molecule has 8 heteroatoms. The number of benzene rings is 2. The normalized spacial score (nSPS) is 12.8. The number of nitrogens with zero attached hydrogens (tertiary/aromatic N) is 1. The van der Waals surface area contributed by atoms with Gasteiger partial charge in [0.05, 0.1) is 11.2 Å². The van der Waals surface area contributed by atoms with Crippen molar-refractivity contribution in [2.45, 2.75) is 27.2 Å². The van der Waals surface area contributed by atoms with Gasteiger partial charge in [-0.25, -0.2) is 12.8 Å². The highest BCUT2D eigenvalue weighted by Gasteiger charge is 2.30. The van der Waals surface area contributed by atoms with E-state index in [1.165, 1.54) is 30.2 Å². The fourth-order valence-electron chi connectivity index (χ4n) is 2.72. The van der Waals surface area contributed by atoms with Crippen LogP contribution in [0.5, 0.6) is 0 Å². The first-order chi connectivity index (χ1) is 13.9. The van der Waals surface area contributed by atoms with Crippen molar-refractivity contribution in [3.05, 3.63) is 84.4 Å². The minimum absolute atomic E-state index is 0.0626. The molecule has 0 amide bonds. The lowest BCUT2D eigenvalue weighted by Crippen LogP contribution is -2.04. The van der Waals surface area contributed by atoms with E-state index < -0.39 is 15.7 Å². The van der Waals surface area contributed by atoms with E-state index in [9.17, 15) is 12.8 Å². The lowest BCUT2D eigenvalue weighted by molar-refractivity contribution is 0.450. The molecular formula is C21H16FNO4S2. The SMILES string of the molecule is CC(Sc1oc(-c2ccco2)nc1S(=O)(=O)c1ccc(F)cc1)c1ccccc1. The van der Waals surface area contributed by atoms with E-state index in [0.29, 0.717) is 5.76 Å². The van der Waals surface area contributed by atoms with Gasteiger partial charge in [0.25, 0.3) is 5.89 Å². The van der Waals surface area contributed by atoms with Crippen LogP contribution in [0.4, 0.5) is 4.39 Å². The predicted octanol–water partition coefficient (Wildman–Crippen LogP) is 5.76. The average molecular weight is 429 g/mol. The number of furan rings is 1. The number of rotatable bonds is 6. The second kappa shape index (κ2) is 7.88. The Labute approximate surface area is 171 Å². The Bertz CT molecular complexity index is 1200. The van der Waals surface area contributed by atoms with Crippen molar-refractivity contribution >= 4 is 21.6 Å². The number of aromatic nitrogens is 1. The zero-order valence-electron chi connectivity index (χ0n) is 15.3. The predicted molar refractivity (Wildman–Crippen MR) is 107 cm³/mol. The molecule has 0 aliphatic heterocycles.